The molecule has 0 atom stereocenters. The van der Waals surface area contributed by atoms with Gasteiger partial charge in [0.1, 0.15) is 6.33 Å². The lowest BCUT2D eigenvalue weighted by atomic mass is 9.90. The summed E-state index contributed by atoms with van der Waals surface area (Å²) in [5.41, 5.74) is 11.1. The second-order valence-corrected chi connectivity index (χ2v) is 9.27. The number of nitrogens with two attached hydrogens (primary N) is 1. The number of primary amides is 1. The van der Waals surface area contributed by atoms with E-state index >= 15 is 4.39 Å². The number of halogens is 1. The molecule has 3 N–H and O–H groups in total. The summed E-state index contributed by atoms with van der Waals surface area (Å²) in [6, 6.07) is 2.06. The zero-order valence-electron chi connectivity index (χ0n) is 19.1. The van der Waals surface area contributed by atoms with E-state index in [1.807, 2.05) is 18.0 Å². The van der Waals surface area contributed by atoms with E-state index in [0.29, 0.717) is 29.7 Å². The first-order chi connectivity index (χ1) is 15.8. The average Bonchev–Trinajstić information content (AvgIpc) is 3.39. The molecule has 0 radical (unpaired) electrons. The first kappa shape index (κ1) is 21.5. The van der Waals surface area contributed by atoms with Crippen molar-refractivity contribution in [3.05, 3.63) is 47.4 Å². The highest BCUT2D eigenvalue weighted by atomic mass is 19.1. The number of carbonyl (C=O) groups excluding carboxylic acids is 1. The van der Waals surface area contributed by atoms with E-state index in [2.05, 4.69) is 40.0 Å². The van der Waals surface area contributed by atoms with E-state index < -0.39 is 0 Å². The Morgan fingerprint density at radius 2 is 2.06 bits per heavy atom. The van der Waals surface area contributed by atoms with Crippen molar-refractivity contribution in [3.8, 4) is 11.3 Å². The van der Waals surface area contributed by atoms with Crippen molar-refractivity contribution in [1.82, 2.24) is 29.5 Å². The summed E-state index contributed by atoms with van der Waals surface area (Å²) in [6.07, 6.45) is 6.70. The lowest BCUT2D eigenvalue weighted by molar-refractivity contribution is -0.119. The van der Waals surface area contributed by atoms with Crippen molar-refractivity contribution in [2.75, 3.05) is 19.6 Å². The zero-order valence-corrected chi connectivity index (χ0v) is 19.1. The molecule has 5 heterocycles. The highest BCUT2D eigenvalue weighted by Gasteiger charge is 2.28. The quantitative estimate of drug-likeness (QED) is 0.485. The Balaban J connectivity index is 1.57. The van der Waals surface area contributed by atoms with E-state index in [4.69, 9.17) is 5.73 Å². The van der Waals surface area contributed by atoms with Crippen LogP contribution in [-0.2, 0) is 4.79 Å². The first-order valence-corrected chi connectivity index (χ1v) is 11.3. The van der Waals surface area contributed by atoms with Crippen molar-refractivity contribution >= 4 is 22.5 Å². The van der Waals surface area contributed by atoms with Crippen LogP contribution in [-0.4, -0.2) is 55.0 Å². The summed E-state index contributed by atoms with van der Waals surface area (Å²) in [7, 11) is 0. The summed E-state index contributed by atoms with van der Waals surface area (Å²) in [5.74, 6) is -0.459. The molecule has 0 unspecified atom stereocenters. The third-order valence-corrected chi connectivity index (χ3v) is 6.62. The summed E-state index contributed by atoms with van der Waals surface area (Å²) in [5, 5.41) is 4.90. The van der Waals surface area contributed by atoms with Gasteiger partial charge in [0.05, 0.1) is 29.6 Å². The number of nitrogens with one attached hydrogen (secondary N) is 1. The molecule has 1 aliphatic heterocycles. The Labute approximate surface area is 191 Å². The number of aryl methyl sites for hydroxylation is 1. The second kappa shape index (κ2) is 8.22. The van der Waals surface area contributed by atoms with Crippen LogP contribution in [0.1, 0.15) is 55.3 Å². The van der Waals surface area contributed by atoms with E-state index in [0.717, 1.165) is 40.9 Å². The van der Waals surface area contributed by atoms with Crippen molar-refractivity contribution in [2.45, 2.75) is 45.4 Å². The molecule has 33 heavy (non-hydrogen) atoms. The predicted molar refractivity (Wildman–Crippen MR) is 124 cm³/mol. The fourth-order valence-electron chi connectivity index (χ4n) is 5.09. The molecule has 0 aromatic carbocycles. The van der Waals surface area contributed by atoms with Crippen LogP contribution in [0.5, 0.6) is 0 Å². The summed E-state index contributed by atoms with van der Waals surface area (Å²) >= 11 is 0. The van der Waals surface area contributed by atoms with Gasteiger partial charge in [-0.05, 0) is 56.0 Å². The van der Waals surface area contributed by atoms with Gasteiger partial charge in [0.2, 0.25) is 5.91 Å². The van der Waals surface area contributed by atoms with Gasteiger partial charge < -0.3 is 10.7 Å². The maximum atomic E-state index is 16.0. The molecule has 1 fully saturated rings. The van der Waals surface area contributed by atoms with Crippen LogP contribution in [0.4, 0.5) is 4.39 Å². The second-order valence-electron chi connectivity index (χ2n) is 9.27. The van der Waals surface area contributed by atoms with Crippen LogP contribution in [0.25, 0.3) is 27.8 Å². The standard InChI is InChI=1S/C24H28FN7O/c1-13(2)19-20-17(30-22(19)16-8-14(3)24-28-12-29-32(24)10-16)9-27-23(21(20)25)15-4-6-31(7-5-15)11-18(26)33/h8-10,12-13,15,30H,4-7,11H2,1-3H3,(H2,26,33). The van der Waals surface area contributed by atoms with Crippen molar-refractivity contribution < 1.29 is 9.18 Å². The van der Waals surface area contributed by atoms with E-state index in [9.17, 15) is 4.79 Å². The lowest BCUT2D eigenvalue weighted by Gasteiger charge is -2.30. The Bertz CT molecular complexity index is 1350. The normalized spacial score (nSPS) is 15.8. The van der Waals surface area contributed by atoms with Crippen molar-refractivity contribution in [1.29, 1.82) is 0 Å². The molecule has 4 aromatic heterocycles. The van der Waals surface area contributed by atoms with Gasteiger partial charge in [-0.15, -0.1) is 0 Å². The molecule has 172 valence electrons. The maximum absolute atomic E-state index is 16.0. The summed E-state index contributed by atoms with van der Waals surface area (Å²) in [4.78, 5) is 25.5. The van der Waals surface area contributed by atoms with Crippen molar-refractivity contribution in [3.63, 3.8) is 0 Å². The number of piperidine rings is 1. The third-order valence-electron chi connectivity index (χ3n) is 6.62. The van der Waals surface area contributed by atoms with Crippen LogP contribution in [0.3, 0.4) is 0 Å². The number of pyridine rings is 2. The molecule has 1 aliphatic rings. The molecule has 1 amide bonds. The van der Waals surface area contributed by atoms with Gasteiger partial charge in [-0.3, -0.25) is 14.7 Å². The highest BCUT2D eigenvalue weighted by Crippen LogP contribution is 2.39. The number of fused-ring (bicyclic) bond motifs is 2. The molecule has 8 nitrogen and oxygen atoms in total. The van der Waals surface area contributed by atoms with Crippen molar-refractivity contribution in [2.24, 2.45) is 5.73 Å². The SMILES string of the molecule is Cc1cc(-c2[nH]c3cnc(C4CCN(CC(N)=O)CC4)c(F)c3c2C(C)C)cn2ncnc12. The number of amides is 1. The molecule has 0 aliphatic carbocycles. The predicted octanol–water partition coefficient (Wildman–Crippen LogP) is 3.51. The lowest BCUT2D eigenvalue weighted by Crippen LogP contribution is -2.39. The molecule has 9 heteroatoms. The summed E-state index contributed by atoms with van der Waals surface area (Å²) in [6.45, 7) is 7.81. The molecule has 0 bridgehead atoms. The molecule has 0 saturated carbocycles. The van der Waals surface area contributed by atoms with Gasteiger partial charge in [0.15, 0.2) is 11.5 Å². The van der Waals surface area contributed by atoms with Gasteiger partial charge >= 0.3 is 0 Å². The average molecular weight is 450 g/mol. The van der Waals surface area contributed by atoms with Crippen LogP contribution in [0.15, 0.2) is 24.8 Å². The molecular formula is C24H28FN7O. The number of hydrogen-bond acceptors (Lipinski definition) is 5. The Morgan fingerprint density at radius 3 is 2.76 bits per heavy atom. The fourth-order valence-corrected chi connectivity index (χ4v) is 5.09. The van der Waals surface area contributed by atoms with E-state index in [-0.39, 0.29) is 30.1 Å². The summed E-state index contributed by atoms with van der Waals surface area (Å²) < 4.78 is 17.7. The number of likely N-dealkylation sites (tertiary alicyclic amines) is 1. The number of carbonyl (C=O) groups is 1. The van der Waals surface area contributed by atoms with Crippen LogP contribution < -0.4 is 5.73 Å². The molecule has 4 aromatic rings. The monoisotopic (exact) mass is 449 g/mol. The number of aromatic amines is 1. The van der Waals surface area contributed by atoms with Gasteiger partial charge in [-0.2, -0.15) is 5.10 Å². The smallest absolute Gasteiger partial charge is 0.231 e. The minimum Gasteiger partial charge on any atom is -0.369 e. The maximum Gasteiger partial charge on any atom is 0.231 e. The van der Waals surface area contributed by atoms with E-state index in [1.54, 1.807) is 10.7 Å². The van der Waals surface area contributed by atoms with Gasteiger partial charge in [0.25, 0.3) is 0 Å². The Hall–Kier alpha value is -3.33. The van der Waals surface area contributed by atoms with Crippen LogP contribution in [0, 0.1) is 12.7 Å². The number of hydrogen-bond donors (Lipinski definition) is 2. The van der Waals surface area contributed by atoms with Crippen LogP contribution >= 0.6 is 0 Å². The van der Waals surface area contributed by atoms with Gasteiger partial charge in [-0.25, -0.2) is 13.9 Å². The number of H-pyrrole nitrogens is 1. The van der Waals surface area contributed by atoms with Gasteiger partial charge in [0, 0.05) is 23.1 Å². The Morgan fingerprint density at radius 1 is 1.30 bits per heavy atom. The van der Waals surface area contributed by atoms with Crippen LogP contribution in [0.2, 0.25) is 0 Å². The highest BCUT2D eigenvalue weighted by molar-refractivity contribution is 5.92. The number of nitrogens with zero attached hydrogens (tertiary/aromatic N) is 5. The molecular weight excluding hydrogens is 421 g/mol. The fraction of sp³-hybridized carbons (Fsp3) is 0.417. The number of aromatic nitrogens is 5. The largest absolute Gasteiger partial charge is 0.369 e. The molecule has 0 spiro atoms. The first-order valence-electron chi connectivity index (χ1n) is 11.3. The number of rotatable bonds is 5. The third kappa shape index (κ3) is 3.76. The minimum atomic E-state index is -0.333. The Kier molecular flexibility index (Phi) is 5.36. The zero-order chi connectivity index (χ0) is 23.3. The molecule has 5 rings (SSSR count). The topological polar surface area (TPSA) is 105 Å². The molecule has 1 saturated heterocycles. The van der Waals surface area contributed by atoms with Gasteiger partial charge in [-0.1, -0.05) is 13.8 Å². The van der Waals surface area contributed by atoms with E-state index in [1.165, 1.54) is 6.33 Å². The minimum absolute atomic E-state index is 0.0191.